The number of phenols is 2. The highest BCUT2D eigenvalue weighted by atomic mass is 16.6. The number of aromatic hydroxyl groups is 2. The van der Waals surface area contributed by atoms with Gasteiger partial charge in [-0.1, -0.05) is 25.1 Å². The number of aryl methyl sites for hydroxylation is 1. The number of rotatable bonds is 11. The first-order chi connectivity index (χ1) is 29.9. The lowest BCUT2D eigenvalue weighted by Crippen LogP contribution is -2.57. The number of carbonyl (C=O) groups excluding carboxylic acids is 1. The number of aliphatic hydroxyl groups excluding tert-OH is 2. The van der Waals surface area contributed by atoms with Crippen molar-refractivity contribution >= 4 is 28.6 Å². The lowest BCUT2D eigenvalue weighted by molar-refractivity contribution is -0.165. The Balaban J connectivity index is 1.48. The maximum absolute atomic E-state index is 14.2. The Kier molecular flexibility index (Phi) is 12.0. The van der Waals surface area contributed by atoms with Crippen molar-refractivity contribution in [1.29, 1.82) is 0 Å². The number of benzene rings is 2. The van der Waals surface area contributed by atoms with Gasteiger partial charge in [-0.15, -0.1) is 0 Å². The number of phenolic OH excluding ortho intramolecular Hbond substituents is 2. The molecule has 326 valence electrons. The van der Waals surface area contributed by atoms with Crippen LogP contribution in [0.15, 0.2) is 75.7 Å². The fourth-order valence-electron chi connectivity index (χ4n) is 10.1. The number of ether oxygens (including phenoxy) is 2. The Bertz CT molecular complexity index is 2590. The first kappa shape index (κ1) is 42.7. The molecule has 0 spiro atoms. The van der Waals surface area contributed by atoms with E-state index >= 15 is 0 Å². The number of hydrogen-bond donors (Lipinski definition) is 7. The van der Waals surface area contributed by atoms with E-state index in [0.29, 0.717) is 66.9 Å². The largest absolute Gasteiger partial charge is 0.508 e. The van der Waals surface area contributed by atoms with E-state index in [9.17, 15) is 30.0 Å². The molecule has 14 nitrogen and oxygen atoms in total. The molecule has 4 bridgehead atoms. The maximum Gasteiger partial charge on any atom is 0.335 e. The molecule has 8 rings (SSSR count). The van der Waals surface area contributed by atoms with Crippen molar-refractivity contribution in [2.45, 2.75) is 95.9 Å². The number of esters is 1. The van der Waals surface area contributed by atoms with Crippen LogP contribution in [-0.2, 0) is 35.4 Å². The smallest absolute Gasteiger partial charge is 0.335 e. The molecule has 0 saturated heterocycles. The third kappa shape index (κ3) is 7.54. The van der Waals surface area contributed by atoms with Crippen LogP contribution < -0.4 is 26.5 Å². The molecule has 6 atom stereocenters. The number of nitrogens with two attached hydrogens (primary N) is 1. The number of aromatic nitrogens is 2. The third-order valence-corrected chi connectivity index (χ3v) is 13.3. The minimum absolute atomic E-state index is 0.0131. The molecule has 62 heavy (non-hydrogen) atoms. The number of allylic oxidation sites excluding steroid dienone is 1. The normalized spacial score (nSPS) is 23.0. The van der Waals surface area contributed by atoms with Crippen LogP contribution in [0.3, 0.4) is 0 Å². The summed E-state index contributed by atoms with van der Waals surface area (Å²) in [6.45, 7) is 8.25. The highest BCUT2D eigenvalue weighted by Crippen LogP contribution is 2.58. The van der Waals surface area contributed by atoms with Crippen LogP contribution in [0.25, 0.3) is 11.0 Å². The molecule has 6 unspecified atom stereocenters. The molecule has 0 saturated carbocycles. The summed E-state index contributed by atoms with van der Waals surface area (Å²) in [5.74, 6) is -2.07. The van der Waals surface area contributed by atoms with E-state index in [1.807, 2.05) is 51.2 Å². The summed E-state index contributed by atoms with van der Waals surface area (Å²) in [5.41, 5.74) is 10.0. The number of anilines is 2. The number of nitrogen functional groups attached to an aromatic ring is 1. The van der Waals surface area contributed by atoms with Crippen LogP contribution in [0.4, 0.5) is 11.6 Å². The van der Waals surface area contributed by atoms with Gasteiger partial charge in [0.2, 0.25) is 0 Å². The Morgan fingerprint density at radius 1 is 1.06 bits per heavy atom. The predicted molar refractivity (Wildman–Crippen MR) is 235 cm³/mol. The lowest BCUT2D eigenvalue weighted by Gasteiger charge is -2.49. The van der Waals surface area contributed by atoms with E-state index in [2.05, 4.69) is 15.6 Å². The SMILES string of the molecule is CC=C(CNCC)C(=O)OC1Cc2c3c(c4oc(CO)cc(=O)c4c2O)C2c4ccnc(N)c4C(CCc4ccc(O)cc4C2CO)CC(Cc2ccc(NCC)nc2)C1(C)O3. The van der Waals surface area contributed by atoms with Gasteiger partial charge in [-0.25, -0.2) is 14.8 Å². The minimum atomic E-state index is -1.31. The summed E-state index contributed by atoms with van der Waals surface area (Å²) >= 11 is 0. The first-order valence-corrected chi connectivity index (χ1v) is 21.5. The predicted octanol–water partition coefficient (Wildman–Crippen LogP) is 5.86. The van der Waals surface area contributed by atoms with E-state index in [-0.39, 0.29) is 52.7 Å². The molecular weight excluding hydrogens is 791 g/mol. The molecule has 3 aliphatic rings. The van der Waals surface area contributed by atoms with Crippen molar-refractivity contribution in [1.82, 2.24) is 15.3 Å². The van der Waals surface area contributed by atoms with Crippen molar-refractivity contribution in [2.75, 3.05) is 37.3 Å². The molecular formula is C48H55N5O9. The molecule has 2 aliphatic heterocycles. The highest BCUT2D eigenvalue weighted by molar-refractivity contribution is 5.92. The Labute approximate surface area is 359 Å². The van der Waals surface area contributed by atoms with Crippen molar-refractivity contribution in [3.8, 4) is 17.2 Å². The molecule has 1 aliphatic carbocycles. The topological polar surface area (TPSA) is 223 Å². The lowest BCUT2D eigenvalue weighted by atomic mass is 9.67. The molecule has 8 N–H and O–H groups in total. The van der Waals surface area contributed by atoms with Crippen LogP contribution in [0.5, 0.6) is 17.2 Å². The standard InChI is InChI=1S/C48H55N5O9/c1-5-26(22-50-6-2)47(59)61-37-20-34-43(58)41-36(57)19-31(23-54)60-45(41)42-40-32-14-15-52-46(49)39(32)28(10-9-27-11-12-30(56)18-33(27)35(40)24-55)17-29(48(37,4)62-44(34)42)16-25-8-13-38(51-7-3)53-21-25/h5,8,11-15,18-19,21,28-29,35,37,40,50,54-56,58H,6-7,9-10,16-17,20,22-24H2,1-4H3,(H2,49,52)(H,51,53). The van der Waals surface area contributed by atoms with Crippen LogP contribution in [0.1, 0.15) is 103 Å². The van der Waals surface area contributed by atoms with Gasteiger partial charge in [0.15, 0.2) is 5.43 Å². The Morgan fingerprint density at radius 3 is 2.60 bits per heavy atom. The minimum Gasteiger partial charge on any atom is -0.508 e. The summed E-state index contributed by atoms with van der Waals surface area (Å²) < 4.78 is 20.5. The molecule has 0 radical (unpaired) electrons. The van der Waals surface area contributed by atoms with Gasteiger partial charge in [0, 0.05) is 78.0 Å². The van der Waals surface area contributed by atoms with Gasteiger partial charge >= 0.3 is 5.97 Å². The van der Waals surface area contributed by atoms with Gasteiger partial charge < -0.3 is 50.7 Å². The molecule has 14 heteroatoms. The Morgan fingerprint density at radius 2 is 1.89 bits per heavy atom. The van der Waals surface area contributed by atoms with Crippen molar-refractivity contribution in [3.05, 3.63) is 121 Å². The van der Waals surface area contributed by atoms with E-state index in [0.717, 1.165) is 28.6 Å². The van der Waals surface area contributed by atoms with Crippen LogP contribution in [-0.4, -0.2) is 74.3 Å². The van der Waals surface area contributed by atoms with Gasteiger partial charge in [-0.2, -0.15) is 0 Å². The van der Waals surface area contributed by atoms with E-state index in [4.69, 9.17) is 24.6 Å². The average molecular weight is 846 g/mol. The number of likely N-dealkylation sites (N-methyl/N-ethyl adjacent to an activating group) is 1. The number of nitrogens with one attached hydrogen (secondary N) is 2. The third-order valence-electron chi connectivity index (χ3n) is 13.3. The van der Waals surface area contributed by atoms with Crippen molar-refractivity contribution in [2.24, 2.45) is 5.92 Å². The van der Waals surface area contributed by atoms with Crippen LogP contribution in [0, 0.1) is 5.92 Å². The maximum atomic E-state index is 14.2. The summed E-state index contributed by atoms with van der Waals surface area (Å²) in [4.78, 5) is 37.7. The molecule has 0 amide bonds. The van der Waals surface area contributed by atoms with Gasteiger partial charge in [-0.05, 0) is 105 Å². The number of pyridine rings is 2. The second-order valence-electron chi connectivity index (χ2n) is 16.8. The van der Waals surface area contributed by atoms with Crippen molar-refractivity contribution in [3.63, 3.8) is 0 Å². The van der Waals surface area contributed by atoms with E-state index < -0.39 is 59.8 Å². The fourth-order valence-corrected chi connectivity index (χ4v) is 10.1. The quantitative estimate of drug-likeness (QED) is 0.0612. The first-order valence-electron chi connectivity index (χ1n) is 21.5. The molecule has 5 heterocycles. The summed E-state index contributed by atoms with van der Waals surface area (Å²) in [6, 6.07) is 12.1. The van der Waals surface area contributed by atoms with E-state index in [1.165, 1.54) is 0 Å². The zero-order valence-electron chi connectivity index (χ0n) is 35.5. The molecule has 2 aromatic carbocycles. The number of hydrogen-bond acceptors (Lipinski definition) is 14. The zero-order valence-corrected chi connectivity index (χ0v) is 35.5. The van der Waals surface area contributed by atoms with Gasteiger partial charge in [0.25, 0.3) is 0 Å². The number of aliphatic hydroxyl groups is 2. The summed E-state index contributed by atoms with van der Waals surface area (Å²) in [5, 5.41) is 51.7. The fraction of sp³-hybridized carbons (Fsp3) is 0.417. The summed E-state index contributed by atoms with van der Waals surface area (Å²) in [7, 11) is 0. The second-order valence-corrected chi connectivity index (χ2v) is 16.8. The zero-order chi connectivity index (χ0) is 43.9. The number of nitrogens with zero attached hydrogens (tertiary/aromatic N) is 2. The Hall–Kier alpha value is -5.96. The van der Waals surface area contributed by atoms with E-state index in [1.54, 1.807) is 31.3 Å². The second kappa shape index (κ2) is 17.4. The average Bonchev–Trinajstić information content (AvgIpc) is 3.31. The number of fused-ring (bicyclic) bond motifs is 5. The van der Waals surface area contributed by atoms with Gasteiger partial charge in [-0.3, -0.25) is 4.79 Å². The molecule has 3 aromatic heterocycles. The van der Waals surface area contributed by atoms with Crippen molar-refractivity contribution < 1.29 is 39.1 Å². The van der Waals surface area contributed by atoms with Crippen LogP contribution >= 0.6 is 0 Å². The van der Waals surface area contributed by atoms with Crippen LogP contribution in [0.2, 0.25) is 0 Å². The monoisotopic (exact) mass is 845 g/mol. The summed E-state index contributed by atoms with van der Waals surface area (Å²) in [6.07, 6.45) is 6.19. The van der Waals surface area contributed by atoms with Gasteiger partial charge in [0.05, 0.1) is 6.61 Å². The van der Waals surface area contributed by atoms with Gasteiger partial charge in [0.1, 0.15) is 63.9 Å². The highest BCUT2D eigenvalue weighted by Gasteiger charge is 2.54. The number of carbonyl (C=O) groups is 1. The molecule has 5 aromatic rings. The molecule has 0 fully saturated rings.